The molecule has 4 rings (SSSR count). The van der Waals surface area contributed by atoms with E-state index in [0.717, 1.165) is 48.2 Å². The summed E-state index contributed by atoms with van der Waals surface area (Å²) in [5, 5.41) is 1.07. The molecule has 2 aromatic heterocycles. The van der Waals surface area contributed by atoms with E-state index in [4.69, 9.17) is 0 Å². The number of fused-ring (bicyclic) bond motifs is 1. The summed E-state index contributed by atoms with van der Waals surface area (Å²) in [6.07, 6.45) is 7.11. The number of H-pyrrole nitrogens is 1. The lowest BCUT2D eigenvalue weighted by molar-refractivity contribution is 0.0713. The predicted octanol–water partition coefficient (Wildman–Crippen LogP) is 2.70. The zero-order valence-corrected chi connectivity index (χ0v) is 14.2. The molecule has 1 aromatic carbocycles. The second-order valence-electron chi connectivity index (χ2n) is 6.48. The Morgan fingerprint density at radius 1 is 1.24 bits per heavy atom. The van der Waals surface area contributed by atoms with Crippen LogP contribution in [0.3, 0.4) is 0 Å². The second kappa shape index (κ2) is 6.55. The number of carbonyl (C=O) groups excluding carboxylic acids is 1. The first-order valence-electron chi connectivity index (χ1n) is 8.57. The first-order chi connectivity index (χ1) is 12.2. The van der Waals surface area contributed by atoms with Crippen LogP contribution in [0.2, 0.25) is 0 Å². The standard InChI is InChI=1S/C19H21N5O/c1-23(18-5-8-20-13-22-18)16-6-10-24(11-7-16)19(25)15-2-3-17-14(12-15)4-9-21-17/h2-5,8-9,12-13,16,21H,6-7,10-11H2,1H3. The first kappa shape index (κ1) is 15.6. The highest BCUT2D eigenvalue weighted by Gasteiger charge is 2.26. The Morgan fingerprint density at radius 2 is 2.08 bits per heavy atom. The quantitative estimate of drug-likeness (QED) is 0.799. The summed E-state index contributed by atoms with van der Waals surface area (Å²) in [5.41, 5.74) is 1.82. The summed E-state index contributed by atoms with van der Waals surface area (Å²) in [6, 6.07) is 10.1. The molecule has 0 saturated carbocycles. The van der Waals surface area contributed by atoms with Crippen LogP contribution in [-0.2, 0) is 0 Å². The van der Waals surface area contributed by atoms with E-state index < -0.39 is 0 Å². The van der Waals surface area contributed by atoms with Crippen molar-refractivity contribution in [3.8, 4) is 0 Å². The zero-order chi connectivity index (χ0) is 17.2. The van der Waals surface area contributed by atoms with Gasteiger partial charge >= 0.3 is 0 Å². The van der Waals surface area contributed by atoms with Gasteiger partial charge in [0.15, 0.2) is 0 Å². The molecular formula is C19H21N5O. The summed E-state index contributed by atoms with van der Waals surface area (Å²) in [6.45, 7) is 1.54. The summed E-state index contributed by atoms with van der Waals surface area (Å²) < 4.78 is 0. The molecular weight excluding hydrogens is 314 g/mol. The molecule has 1 aliphatic heterocycles. The number of hydrogen-bond donors (Lipinski definition) is 1. The summed E-state index contributed by atoms with van der Waals surface area (Å²) >= 11 is 0. The topological polar surface area (TPSA) is 65.1 Å². The summed E-state index contributed by atoms with van der Waals surface area (Å²) in [4.78, 5) is 28.4. The number of hydrogen-bond acceptors (Lipinski definition) is 4. The van der Waals surface area contributed by atoms with Crippen molar-refractivity contribution >= 4 is 22.6 Å². The maximum Gasteiger partial charge on any atom is 0.253 e. The Labute approximate surface area is 146 Å². The van der Waals surface area contributed by atoms with Gasteiger partial charge in [-0.1, -0.05) is 0 Å². The molecule has 6 heteroatoms. The van der Waals surface area contributed by atoms with Crippen molar-refractivity contribution in [3.05, 3.63) is 54.6 Å². The molecule has 1 amide bonds. The second-order valence-corrected chi connectivity index (χ2v) is 6.48. The van der Waals surface area contributed by atoms with Gasteiger partial charge in [0.1, 0.15) is 12.1 Å². The number of aromatic amines is 1. The van der Waals surface area contributed by atoms with Gasteiger partial charge in [-0.05, 0) is 43.2 Å². The van der Waals surface area contributed by atoms with Gasteiger partial charge in [-0.2, -0.15) is 0 Å². The maximum absolute atomic E-state index is 12.8. The average Bonchev–Trinajstić information content (AvgIpc) is 3.15. The minimum atomic E-state index is 0.117. The van der Waals surface area contributed by atoms with Gasteiger partial charge < -0.3 is 14.8 Å². The van der Waals surface area contributed by atoms with Gasteiger partial charge in [-0.3, -0.25) is 4.79 Å². The molecule has 1 saturated heterocycles. The smallest absolute Gasteiger partial charge is 0.253 e. The highest BCUT2D eigenvalue weighted by atomic mass is 16.2. The van der Waals surface area contributed by atoms with Crippen LogP contribution >= 0.6 is 0 Å². The SMILES string of the molecule is CN(c1ccncn1)C1CCN(C(=O)c2ccc3[nH]ccc3c2)CC1. The minimum absolute atomic E-state index is 0.117. The lowest BCUT2D eigenvalue weighted by Crippen LogP contribution is -2.45. The van der Waals surface area contributed by atoms with E-state index in [9.17, 15) is 4.79 Å². The molecule has 0 aliphatic carbocycles. The van der Waals surface area contributed by atoms with E-state index in [1.165, 1.54) is 0 Å². The van der Waals surface area contributed by atoms with Crippen LogP contribution in [0.25, 0.3) is 10.9 Å². The highest BCUT2D eigenvalue weighted by Crippen LogP contribution is 2.22. The molecule has 3 heterocycles. The molecule has 0 unspecified atom stereocenters. The largest absolute Gasteiger partial charge is 0.361 e. The number of rotatable bonds is 3. The van der Waals surface area contributed by atoms with Gasteiger partial charge in [-0.15, -0.1) is 0 Å². The number of nitrogens with one attached hydrogen (secondary N) is 1. The van der Waals surface area contributed by atoms with Crippen LogP contribution < -0.4 is 4.90 Å². The molecule has 0 spiro atoms. The number of anilines is 1. The van der Waals surface area contributed by atoms with E-state index in [1.54, 1.807) is 12.5 Å². The molecule has 1 fully saturated rings. The number of amides is 1. The fourth-order valence-corrected chi connectivity index (χ4v) is 3.50. The third-order valence-corrected chi connectivity index (χ3v) is 5.03. The van der Waals surface area contributed by atoms with Crippen molar-refractivity contribution in [1.82, 2.24) is 19.9 Å². The molecule has 128 valence electrons. The van der Waals surface area contributed by atoms with Gasteiger partial charge in [0, 0.05) is 55.0 Å². The van der Waals surface area contributed by atoms with E-state index >= 15 is 0 Å². The normalized spacial score (nSPS) is 15.5. The Bertz CT molecular complexity index is 868. The molecule has 6 nitrogen and oxygen atoms in total. The maximum atomic E-state index is 12.8. The minimum Gasteiger partial charge on any atom is -0.361 e. The van der Waals surface area contributed by atoms with Crippen LogP contribution in [0.4, 0.5) is 5.82 Å². The number of piperidine rings is 1. The predicted molar refractivity (Wildman–Crippen MR) is 97.7 cm³/mol. The van der Waals surface area contributed by atoms with Crippen molar-refractivity contribution in [3.63, 3.8) is 0 Å². The lowest BCUT2D eigenvalue weighted by Gasteiger charge is -2.37. The van der Waals surface area contributed by atoms with Gasteiger partial charge in [0.05, 0.1) is 0 Å². The van der Waals surface area contributed by atoms with Crippen LogP contribution in [0.15, 0.2) is 49.1 Å². The van der Waals surface area contributed by atoms with Crippen molar-refractivity contribution in [2.45, 2.75) is 18.9 Å². The number of nitrogens with zero attached hydrogens (tertiary/aromatic N) is 4. The van der Waals surface area contributed by atoms with Crippen LogP contribution in [-0.4, -0.2) is 51.9 Å². The third kappa shape index (κ3) is 3.07. The third-order valence-electron chi connectivity index (χ3n) is 5.03. The molecule has 25 heavy (non-hydrogen) atoms. The molecule has 1 N–H and O–H groups in total. The average molecular weight is 335 g/mol. The molecule has 3 aromatic rings. The summed E-state index contributed by atoms with van der Waals surface area (Å²) in [7, 11) is 2.06. The number of benzene rings is 1. The zero-order valence-electron chi connectivity index (χ0n) is 14.2. The Hall–Kier alpha value is -2.89. The summed E-state index contributed by atoms with van der Waals surface area (Å²) in [5.74, 6) is 1.05. The first-order valence-corrected chi connectivity index (χ1v) is 8.57. The molecule has 0 atom stereocenters. The number of aromatic nitrogens is 3. The van der Waals surface area contributed by atoms with E-state index in [1.807, 2.05) is 41.4 Å². The Kier molecular flexibility index (Phi) is 4.09. The van der Waals surface area contributed by atoms with Crippen LogP contribution in [0, 0.1) is 0 Å². The Balaban J connectivity index is 1.42. The highest BCUT2D eigenvalue weighted by molar-refractivity contribution is 5.98. The van der Waals surface area contributed by atoms with Gasteiger partial charge in [0.25, 0.3) is 5.91 Å². The van der Waals surface area contributed by atoms with Gasteiger partial charge in [-0.25, -0.2) is 9.97 Å². The fraction of sp³-hybridized carbons (Fsp3) is 0.316. The van der Waals surface area contributed by atoms with Crippen molar-refractivity contribution in [1.29, 1.82) is 0 Å². The van der Waals surface area contributed by atoms with E-state index in [-0.39, 0.29) is 5.91 Å². The number of carbonyl (C=O) groups is 1. The van der Waals surface area contributed by atoms with Gasteiger partial charge in [0.2, 0.25) is 0 Å². The lowest BCUT2D eigenvalue weighted by atomic mass is 10.0. The van der Waals surface area contributed by atoms with Crippen molar-refractivity contribution in [2.24, 2.45) is 0 Å². The monoisotopic (exact) mass is 335 g/mol. The fourth-order valence-electron chi connectivity index (χ4n) is 3.50. The van der Waals surface area contributed by atoms with Crippen molar-refractivity contribution < 1.29 is 4.79 Å². The number of likely N-dealkylation sites (tertiary alicyclic amines) is 1. The molecule has 1 aliphatic rings. The van der Waals surface area contributed by atoms with E-state index in [0.29, 0.717) is 6.04 Å². The van der Waals surface area contributed by atoms with E-state index in [2.05, 4.69) is 26.9 Å². The molecule has 0 bridgehead atoms. The Morgan fingerprint density at radius 3 is 2.84 bits per heavy atom. The van der Waals surface area contributed by atoms with Crippen LogP contribution in [0.1, 0.15) is 23.2 Å². The van der Waals surface area contributed by atoms with Crippen LogP contribution in [0.5, 0.6) is 0 Å². The molecule has 0 radical (unpaired) electrons. The van der Waals surface area contributed by atoms with Crippen molar-refractivity contribution in [2.75, 3.05) is 25.0 Å².